The molecule has 0 heterocycles. The Balaban J connectivity index is 4.27. The molecule has 0 spiro atoms. The molecular formula is C74H126O6. The third kappa shape index (κ3) is 64.9. The first-order valence-corrected chi connectivity index (χ1v) is 33.9. The van der Waals surface area contributed by atoms with Gasteiger partial charge in [-0.1, -0.05) is 284 Å². The van der Waals surface area contributed by atoms with Gasteiger partial charge in [0.25, 0.3) is 0 Å². The first-order chi connectivity index (χ1) is 39.5. The van der Waals surface area contributed by atoms with Gasteiger partial charge in [0, 0.05) is 19.3 Å². The van der Waals surface area contributed by atoms with E-state index in [1.807, 2.05) is 0 Å². The molecule has 0 aliphatic heterocycles. The Kier molecular flexibility index (Phi) is 64.3. The van der Waals surface area contributed by atoms with Crippen LogP contribution in [0.2, 0.25) is 0 Å². The summed E-state index contributed by atoms with van der Waals surface area (Å²) in [5.74, 6) is -0.892. The number of esters is 3. The van der Waals surface area contributed by atoms with Gasteiger partial charge in [0.1, 0.15) is 13.2 Å². The van der Waals surface area contributed by atoms with E-state index in [0.717, 1.165) is 116 Å². The molecule has 6 nitrogen and oxygen atoms in total. The zero-order valence-corrected chi connectivity index (χ0v) is 52.6. The van der Waals surface area contributed by atoms with Crippen LogP contribution in [0.1, 0.15) is 323 Å². The third-order valence-electron chi connectivity index (χ3n) is 14.5. The van der Waals surface area contributed by atoms with Crippen LogP contribution in [0.4, 0.5) is 0 Å². The Bertz CT molecular complexity index is 1610. The summed E-state index contributed by atoms with van der Waals surface area (Å²) in [6, 6.07) is 0. The Morgan fingerprint density at radius 2 is 0.487 bits per heavy atom. The molecule has 0 radical (unpaired) electrons. The highest BCUT2D eigenvalue weighted by Gasteiger charge is 2.19. The second-order valence-electron chi connectivity index (χ2n) is 22.3. The second kappa shape index (κ2) is 67.6. The number of unbranched alkanes of at least 4 members (excludes halogenated alkanes) is 32. The molecule has 1 unspecified atom stereocenters. The van der Waals surface area contributed by atoms with Crippen LogP contribution < -0.4 is 0 Å². The van der Waals surface area contributed by atoms with Gasteiger partial charge in [0.05, 0.1) is 0 Å². The van der Waals surface area contributed by atoms with Crippen LogP contribution in [0.5, 0.6) is 0 Å². The van der Waals surface area contributed by atoms with Crippen molar-refractivity contribution < 1.29 is 28.6 Å². The maximum Gasteiger partial charge on any atom is 0.306 e. The zero-order chi connectivity index (χ0) is 57.8. The van der Waals surface area contributed by atoms with Gasteiger partial charge < -0.3 is 14.2 Å². The summed E-state index contributed by atoms with van der Waals surface area (Å²) in [5.41, 5.74) is 0. The predicted octanol–water partition coefficient (Wildman–Crippen LogP) is 23.4. The molecular weight excluding hydrogens is 985 g/mol. The van der Waals surface area contributed by atoms with Gasteiger partial charge in [0.2, 0.25) is 0 Å². The van der Waals surface area contributed by atoms with E-state index >= 15 is 0 Å². The molecule has 0 aliphatic carbocycles. The Hall–Kier alpha value is -3.93. The maximum atomic E-state index is 12.9. The largest absolute Gasteiger partial charge is 0.462 e. The summed E-state index contributed by atoms with van der Waals surface area (Å²) in [6.45, 7) is 6.50. The van der Waals surface area contributed by atoms with Crippen molar-refractivity contribution in [2.45, 2.75) is 329 Å². The molecule has 0 bridgehead atoms. The average molecular weight is 1110 g/mol. The van der Waals surface area contributed by atoms with Gasteiger partial charge in [-0.15, -0.1) is 0 Å². The quantitative estimate of drug-likeness (QED) is 0.0261. The number of hydrogen-bond acceptors (Lipinski definition) is 6. The fourth-order valence-corrected chi connectivity index (χ4v) is 9.41. The number of carbonyl (C=O) groups is 3. The molecule has 0 aromatic rings. The fraction of sp³-hybridized carbons (Fsp3) is 0.716. The van der Waals surface area contributed by atoms with Crippen molar-refractivity contribution in [3.63, 3.8) is 0 Å². The van der Waals surface area contributed by atoms with Gasteiger partial charge in [-0.25, -0.2) is 0 Å². The highest BCUT2D eigenvalue weighted by Crippen LogP contribution is 2.16. The lowest BCUT2D eigenvalue weighted by molar-refractivity contribution is -0.167. The van der Waals surface area contributed by atoms with Gasteiger partial charge >= 0.3 is 17.9 Å². The highest BCUT2D eigenvalue weighted by atomic mass is 16.6. The standard InChI is InChI=1S/C74H126O6/c1-4-7-10-13-16-19-22-25-28-30-31-32-33-34-35-36-37-38-39-40-41-42-43-45-46-49-52-55-58-61-64-67-73(76)79-70-71(69-78-72(75)66-63-60-57-54-51-48-27-24-21-18-15-12-9-6-3)80-74(77)68-65-62-59-56-53-50-47-44-29-26-23-20-17-14-11-8-5-2/h7,10,16-17,19-20,24-29,31-32,34-35,37-38,71H,4-6,8-9,11-15,18,21-23,30,33,36,39-70H2,1-3H3/b10-7-,19-16-,20-17-,27-24-,28-25-,29-26-,32-31-,35-34-,38-37-. The van der Waals surface area contributed by atoms with E-state index in [4.69, 9.17) is 14.2 Å². The molecule has 1 atom stereocenters. The van der Waals surface area contributed by atoms with Gasteiger partial charge in [-0.05, 0) is 128 Å². The maximum absolute atomic E-state index is 12.9. The number of allylic oxidation sites excluding steroid dienone is 18. The fourth-order valence-electron chi connectivity index (χ4n) is 9.41. The minimum atomic E-state index is -0.788. The molecule has 0 amide bonds. The molecule has 0 aliphatic rings. The summed E-state index contributed by atoms with van der Waals surface area (Å²) in [7, 11) is 0. The molecule has 0 saturated heterocycles. The predicted molar refractivity (Wildman–Crippen MR) is 348 cm³/mol. The molecule has 0 aromatic carbocycles. The zero-order valence-electron chi connectivity index (χ0n) is 52.6. The Morgan fingerprint density at radius 1 is 0.263 bits per heavy atom. The number of rotatable bonds is 61. The lowest BCUT2D eigenvalue weighted by Crippen LogP contribution is -2.30. The number of hydrogen-bond donors (Lipinski definition) is 0. The lowest BCUT2D eigenvalue weighted by atomic mass is 10.0. The average Bonchev–Trinajstić information content (AvgIpc) is 3.46. The lowest BCUT2D eigenvalue weighted by Gasteiger charge is -2.18. The van der Waals surface area contributed by atoms with Crippen molar-refractivity contribution in [1.29, 1.82) is 0 Å². The van der Waals surface area contributed by atoms with Crippen LogP contribution in [0.3, 0.4) is 0 Å². The van der Waals surface area contributed by atoms with E-state index in [2.05, 4.69) is 130 Å². The summed E-state index contributed by atoms with van der Waals surface area (Å²) >= 11 is 0. The molecule has 0 fully saturated rings. The van der Waals surface area contributed by atoms with Gasteiger partial charge in [-0.2, -0.15) is 0 Å². The van der Waals surface area contributed by atoms with Crippen molar-refractivity contribution in [3.05, 3.63) is 109 Å². The van der Waals surface area contributed by atoms with Gasteiger partial charge in [0.15, 0.2) is 6.10 Å². The summed E-state index contributed by atoms with van der Waals surface area (Å²) in [5, 5.41) is 0. The topological polar surface area (TPSA) is 78.9 Å². The molecule has 0 aromatic heterocycles. The summed E-state index contributed by atoms with van der Waals surface area (Å²) in [6.07, 6.45) is 92.4. The normalized spacial score (nSPS) is 12.8. The minimum absolute atomic E-state index is 0.0838. The number of ether oxygens (including phenoxy) is 3. The van der Waals surface area contributed by atoms with Crippen LogP contribution in [0.25, 0.3) is 0 Å². The van der Waals surface area contributed by atoms with Crippen molar-refractivity contribution in [3.8, 4) is 0 Å². The molecule has 0 rings (SSSR count). The second-order valence-corrected chi connectivity index (χ2v) is 22.3. The Labute approximate surface area is 495 Å². The van der Waals surface area contributed by atoms with Crippen LogP contribution in [0, 0.1) is 0 Å². The molecule has 6 heteroatoms. The van der Waals surface area contributed by atoms with E-state index in [0.29, 0.717) is 19.3 Å². The van der Waals surface area contributed by atoms with E-state index in [-0.39, 0.29) is 31.1 Å². The molecule has 80 heavy (non-hydrogen) atoms. The Morgan fingerprint density at radius 3 is 0.800 bits per heavy atom. The van der Waals surface area contributed by atoms with Crippen LogP contribution in [-0.4, -0.2) is 37.2 Å². The van der Waals surface area contributed by atoms with E-state index < -0.39 is 6.10 Å². The van der Waals surface area contributed by atoms with Crippen LogP contribution in [0.15, 0.2) is 109 Å². The van der Waals surface area contributed by atoms with E-state index in [1.54, 1.807) is 0 Å². The minimum Gasteiger partial charge on any atom is -0.462 e. The van der Waals surface area contributed by atoms with Gasteiger partial charge in [-0.3, -0.25) is 14.4 Å². The molecule has 458 valence electrons. The highest BCUT2D eigenvalue weighted by molar-refractivity contribution is 5.71. The summed E-state index contributed by atoms with van der Waals surface area (Å²) in [4.78, 5) is 38.4. The van der Waals surface area contributed by atoms with Crippen molar-refractivity contribution in [1.82, 2.24) is 0 Å². The smallest absolute Gasteiger partial charge is 0.306 e. The summed E-state index contributed by atoms with van der Waals surface area (Å²) < 4.78 is 16.9. The van der Waals surface area contributed by atoms with Crippen molar-refractivity contribution in [2.75, 3.05) is 13.2 Å². The monoisotopic (exact) mass is 1110 g/mol. The molecule has 0 N–H and O–H groups in total. The van der Waals surface area contributed by atoms with E-state index in [1.165, 1.54) is 167 Å². The first-order valence-electron chi connectivity index (χ1n) is 33.9. The van der Waals surface area contributed by atoms with Crippen molar-refractivity contribution >= 4 is 17.9 Å². The first kappa shape index (κ1) is 76.1. The van der Waals surface area contributed by atoms with Crippen molar-refractivity contribution in [2.24, 2.45) is 0 Å². The van der Waals surface area contributed by atoms with Crippen LogP contribution in [-0.2, 0) is 28.6 Å². The molecule has 0 saturated carbocycles. The van der Waals surface area contributed by atoms with Crippen LogP contribution >= 0.6 is 0 Å². The third-order valence-corrected chi connectivity index (χ3v) is 14.5. The van der Waals surface area contributed by atoms with E-state index in [9.17, 15) is 14.4 Å². The SMILES string of the molecule is CC/C=C\C/C=C\C/C=C\C/C=C\C/C=C\C/C=C\CCCCCCCCCCCCCCC(=O)OCC(COC(=O)CCCCCCC/C=C\CCCCCCC)OC(=O)CCCCCCCCC/C=C\C/C=C\CCCCC. The number of carbonyl (C=O) groups excluding carboxylic acids is 3.